The highest BCUT2D eigenvalue weighted by atomic mass is 35.5. The summed E-state index contributed by atoms with van der Waals surface area (Å²) in [5, 5.41) is 22.5. The summed E-state index contributed by atoms with van der Waals surface area (Å²) in [6.07, 6.45) is 0. The van der Waals surface area contributed by atoms with Gasteiger partial charge >= 0.3 is 5.97 Å². The average molecular weight is 347 g/mol. The van der Waals surface area contributed by atoms with Gasteiger partial charge in [-0.25, -0.2) is 4.79 Å². The molecule has 0 heterocycles. The lowest BCUT2D eigenvalue weighted by Crippen LogP contribution is -2.45. The van der Waals surface area contributed by atoms with E-state index in [9.17, 15) is 19.7 Å². The molecule has 2 N–H and O–H groups in total. The van der Waals surface area contributed by atoms with Crippen LogP contribution in [0.2, 0.25) is 5.02 Å². The van der Waals surface area contributed by atoms with Gasteiger partial charge in [0, 0.05) is 11.1 Å². The number of nitro benzene ring substituents is 1. The molecule has 1 unspecified atom stereocenters. The number of nitro groups is 1. The van der Waals surface area contributed by atoms with Crippen LogP contribution >= 0.6 is 23.4 Å². The van der Waals surface area contributed by atoms with E-state index in [0.29, 0.717) is 4.90 Å². The molecular formula is C13H15ClN2O5S. The summed E-state index contributed by atoms with van der Waals surface area (Å²) in [6.45, 7) is 3.35. The molecular weight excluding hydrogens is 332 g/mol. The molecule has 0 fully saturated rings. The van der Waals surface area contributed by atoms with Crippen molar-refractivity contribution in [2.75, 3.05) is 5.75 Å². The van der Waals surface area contributed by atoms with Crippen molar-refractivity contribution in [2.45, 2.75) is 24.8 Å². The van der Waals surface area contributed by atoms with Gasteiger partial charge in [0.2, 0.25) is 5.91 Å². The number of halogens is 1. The van der Waals surface area contributed by atoms with E-state index < -0.39 is 22.8 Å². The smallest absolute Gasteiger partial charge is 0.326 e. The monoisotopic (exact) mass is 346 g/mol. The van der Waals surface area contributed by atoms with Crippen LogP contribution in [0.15, 0.2) is 23.1 Å². The van der Waals surface area contributed by atoms with Crippen LogP contribution in [-0.4, -0.2) is 33.7 Å². The van der Waals surface area contributed by atoms with Gasteiger partial charge in [-0.3, -0.25) is 14.9 Å². The van der Waals surface area contributed by atoms with E-state index in [1.54, 1.807) is 13.8 Å². The number of nitrogens with one attached hydrogen (secondary N) is 1. The maximum atomic E-state index is 11.8. The predicted molar refractivity (Wildman–Crippen MR) is 83.2 cm³/mol. The quantitative estimate of drug-likeness (QED) is 0.446. The summed E-state index contributed by atoms with van der Waals surface area (Å²) < 4.78 is 0. The van der Waals surface area contributed by atoms with Crippen molar-refractivity contribution in [3.8, 4) is 0 Å². The first-order valence-electron chi connectivity index (χ1n) is 6.31. The van der Waals surface area contributed by atoms with Gasteiger partial charge in [-0.15, -0.1) is 11.8 Å². The molecule has 0 aliphatic rings. The summed E-state index contributed by atoms with van der Waals surface area (Å²) in [5.41, 5.74) is -0.191. The summed E-state index contributed by atoms with van der Waals surface area (Å²) in [5.74, 6) is -2.02. The molecule has 1 aromatic carbocycles. The van der Waals surface area contributed by atoms with Gasteiger partial charge < -0.3 is 10.4 Å². The molecule has 0 saturated heterocycles. The molecule has 0 bridgehead atoms. The minimum absolute atomic E-state index is 0.126. The third-order valence-corrected chi connectivity index (χ3v) is 4.02. The van der Waals surface area contributed by atoms with Gasteiger partial charge in [-0.1, -0.05) is 25.4 Å². The van der Waals surface area contributed by atoms with E-state index >= 15 is 0 Å². The number of hydrogen-bond donors (Lipinski definition) is 2. The number of carbonyl (C=O) groups is 2. The molecule has 0 saturated carbocycles. The minimum Gasteiger partial charge on any atom is -0.480 e. The fraction of sp³-hybridized carbons (Fsp3) is 0.385. The summed E-state index contributed by atoms with van der Waals surface area (Å²) in [4.78, 5) is 33.4. The molecule has 1 amide bonds. The first-order valence-corrected chi connectivity index (χ1v) is 7.67. The van der Waals surface area contributed by atoms with Gasteiger partial charge in [-0.2, -0.15) is 0 Å². The molecule has 22 heavy (non-hydrogen) atoms. The van der Waals surface area contributed by atoms with Crippen molar-refractivity contribution in [2.24, 2.45) is 5.92 Å². The van der Waals surface area contributed by atoms with Gasteiger partial charge in [-0.05, 0) is 18.1 Å². The van der Waals surface area contributed by atoms with Crippen molar-refractivity contribution in [1.29, 1.82) is 0 Å². The zero-order valence-electron chi connectivity index (χ0n) is 11.9. The fourth-order valence-corrected chi connectivity index (χ4v) is 2.61. The van der Waals surface area contributed by atoms with E-state index in [1.165, 1.54) is 18.2 Å². The van der Waals surface area contributed by atoms with Gasteiger partial charge in [0.15, 0.2) is 0 Å². The number of benzene rings is 1. The van der Waals surface area contributed by atoms with E-state index in [1.807, 2.05) is 0 Å². The Bertz CT molecular complexity index is 594. The van der Waals surface area contributed by atoms with Gasteiger partial charge in [0.1, 0.15) is 6.04 Å². The molecule has 0 spiro atoms. The number of carbonyl (C=O) groups excluding carboxylic acids is 1. The third-order valence-electron chi connectivity index (χ3n) is 2.73. The Hall–Kier alpha value is -1.80. The van der Waals surface area contributed by atoms with E-state index in [0.717, 1.165) is 11.8 Å². The van der Waals surface area contributed by atoms with E-state index in [-0.39, 0.29) is 22.4 Å². The number of carboxylic acids is 1. The van der Waals surface area contributed by atoms with E-state index in [2.05, 4.69) is 5.32 Å². The van der Waals surface area contributed by atoms with Crippen LogP contribution in [0.25, 0.3) is 0 Å². The second-order valence-electron chi connectivity index (χ2n) is 4.79. The molecule has 120 valence electrons. The first-order chi connectivity index (χ1) is 10.2. The molecule has 7 nitrogen and oxygen atoms in total. The topological polar surface area (TPSA) is 110 Å². The number of carboxylic acid groups (broad SMARTS) is 1. The van der Waals surface area contributed by atoms with Gasteiger partial charge in [0.05, 0.1) is 15.6 Å². The lowest BCUT2D eigenvalue weighted by Gasteiger charge is -2.17. The van der Waals surface area contributed by atoms with Crippen molar-refractivity contribution in [3.63, 3.8) is 0 Å². The summed E-state index contributed by atoms with van der Waals surface area (Å²) in [7, 11) is 0. The first kappa shape index (κ1) is 18.2. The summed E-state index contributed by atoms with van der Waals surface area (Å²) >= 11 is 6.66. The standard InChI is InChI=1S/C13H15ClN2O5S/c1-7(2)12(13(18)19)15-11(17)6-22-10-4-3-8(14)5-9(10)16(20)21/h3-5,7,12H,6H2,1-2H3,(H,15,17)(H,18,19). The highest BCUT2D eigenvalue weighted by Crippen LogP contribution is 2.31. The highest BCUT2D eigenvalue weighted by Gasteiger charge is 2.24. The fourth-order valence-electron chi connectivity index (χ4n) is 1.63. The number of aliphatic carboxylic acids is 1. The van der Waals surface area contributed by atoms with Crippen molar-refractivity contribution >= 4 is 40.9 Å². The average Bonchev–Trinajstić information content (AvgIpc) is 2.42. The van der Waals surface area contributed by atoms with E-state index in [4.69, 9.17) is 16.7 Å². The zero-order valence-corrected chi connectivity index (χ0v) is 13.5. The number of rotatable bonds is 7. The molecule has 0 radical (unpaired) electrons. The van der Waals surface area contributed by atoms with Crippen LogP contribution in [0.4, 0.5) is 5.69 Å². The molecule has 1 atom stereocenters. The van der Waals surface area contributed by atoms with Crippen molar-refractivity contribution < 1.29 is 19.6 Å². The van der Waals surface area contributed by atoms with Crippen LogP contribution in [0.1, 0.15) is 13.8 Å². The lowest BCUT2D eigenvalue weighted by molar-refractivity contribution is -0.387. The Balaban J connectivity index is 2.72. The zero-order chi connectivity index (χ0) is 16.9. The SMILES string of the molecule is CC(C)C(NC(=O)CSc1ccc(Cl)cc1[N+](=O)[O-])C(=O)O. The Kier molecular flexibility index (Phi) is 6.63. The number of amides is 1. The van der Waals surface area contributed by atoms with Crippen molar-refractivity contribution in [1.82, 2.24) is 5.32 Å². The van der Waals surface area contributed by atoms with Crippen LogP contribution in [0, 0.1) is 16.0 Å². The largest absolute Gasteiger partial charge is 0.480 e. The molecule has 1 rings (SSSR count). The van der Waals surface area contributed by atoms with Crippen LogP contribution in [0.5, 0.6) is 0 Å². The number of hydrogen-bond acceptors (Lipinski definition) is 5. The van der Waals surface area contributed by atoms with Crippen molar-refractivity contribution in [3.05, 3.63) is 33.3 Å². The second-order valence-corrected chi connectivity index (χ2v) is 6.24. The molecule has 0 aliphatic heterocycles. The third kappa shape index (κ3) is 5.19. The minimum atomic E-state index is -1.12. The molecule has 0 aliphatic carbocycles. The normalized spacial score (nSPS) is 12.0. The Morgan fingerprint density at radius 1 is 1.45 bits per heavy atom. The second kappa shape index (κ2) is 8.00. The van der Waals surface area contributed by atoms with Crippen LogP contribution < -0.4 is 5.32 Å². The Labute approximate surface area is 136 Å². The summed E-state index contributed by atoms with van der Waals surface area (Å²) in [6, 6.07) is 3.15. The highest BCUT2D eigenvalue weighted by molar-refractivity contribution is 8.00. The molecule has 1 aromatic rings. The predicted octanol–water partition coefficient (Wildman–Crippen LogP) is 2.57. The molecule has 0 aromatic heterocycles. The molecule has 9 heteroatoms. The van der Waals surface area contributed by atoms with Gasteiger partial charge in [0.25, 0.3) is 5.69 Å². The Morgan fingerprint density at radius 3 is 2.59 bits per heavy atom. The Morgan fingerprint density at radius 2 is 2.09 bits per heavy atom. The maximum absolute atomic E-state index is 11.8. The lowest BCUT2D eigenvalue weighted by atomic mass is 10.1. The maximum Gasteiger partial charge on any atom is 0.326 e. The number of thioether (sulfide) groups is 1. The van der Waals surface area contributed by atoms with Crippen LogP contribution in [0.3, 0.4) is 0 Å². The van der Waals surface area contributed by atoms with Crippen LogP contribution in [-0.2, 0) is 9.59 Å². The number of nitrogens with zero attached hydrogens (tertiary/aromatic N) is 1.